The van der Waals surface area contributed by atoms with E-state index in [4.69, 9.17) is 5.73 Å². The Morgan fingerprint density at radius 2 is 2.10 bits per heavy atom. The summed E-state index contributed by atoms with van der Waals surface area (Å²) >= 11 is 0. The van der Waals surface area contributed by atoms with Crippen molar-refractivity contribution in [3.8, 4) is 0 Å². The predicted molar refractivity (Wildman–Crippen MR) is 80.7 cm³/mol. The number of aromatic nitrogens is 2. The van der Waals surface area contributed by atoms with E-state index in [2.05, 4.69) is 29.0 Å². The van der Waals surface area contributed by atoms with E-state index in [0.29, 0.717) is 19.1 Å². The maximum absolute atomic E-state index is 10.3. The van der Waals surface area contributed by atoms with E-state index in [1.807, 2.05) is 18.5 Å². The van der Waals surface area contributed by atoms with Crippen molar-refractivity contribution in [1.82, 2.24) is 19.6 Å². The Hall–Kier alpha value is -1.11. The quantitative estimate of drug-likeness (QED) is 0.800. The number of likely N-dealkylation sites (N-methyl/N-ethyl adjacent to an activating group) is 1. The molecule has 1 aliphatic rings. The van der Waals surface area contributed by atoms with E-state index in [9.17, 15) is 5.11 Å². The lowest BCUT2D eigenvalue weighted by molar-refractivity contribution is 0.102. The molecule has 0 bridgehead atoms. The van der Waals surface area contributed by atoms with Crippen molar-refractivity contribution >= 4 is 5.69 Å². The maximum atomic E-state index is 10.3. The number of aliphatic hydroxyl groups is 1. The second-order valence-electron chi connectivity index (χ2n) is 6.09. The zero-order valence-corrected chi connectivity index (χ0v) is 13.0. The van der Waals surface area contributed by atoms with Crippen LogP contribution in [0.4, 0.5) is 5.69 Å². The summed E-state index contributed by atoms with van der Waals surface area (Å²) in [6, 6.07) is 0.603. The molecule has 6 heteroatoms. The van der Waals surface area contributed by atoms with Gasteiger partial charge in [0, 0.05) is 19.1 Å². The maximum Gasteiger partial charge on any atom is 0.0862 e. The van der Waals surface area contributed by atoms with Gasteiger partial charge in [-0.2, -0.15) is 5.10 Å². The van der Waals surface area contributed by atoms with Gasteiger partial charge in [0.2, 0.25) is 0 Å². The first-order valence-corrected chi connectivity index (χ1v) is 7.24. The molecule has 2 rings (SSSR count). The second kappa shape index (κ2) is 6.11. The van der Waals surface area contributed by atoms with Gasteiger partial charge in [0.15, 0.2) is 0 Å². The Labute approximate surface area is 121 Å². The van der Waals surface area contributed by atoms with Gasteiger partial charge < -0.3 is 15.7 Å². The summed E-state index contributed by atoms with van der Waals surface area (Å²) in [4.78, 5) is 4.58. The zero-order chi connectivity index (χ0) is 14.9. The van der Waals surface area contributed by atoms with E-state index in [-0.39, 0.29) is 0 Å². The van der Waals surface area contributed by atoms with Crippen molar-refractivity contribution in [1.29, 1.82) is 0 Å². The van der Waals surface area contributed by atoms with Crippen LogP contribution in [0, 0.1) is 13.8 Å². The van der Waals surface area contributed by atoms with Crippen LogP contribution in [0.5, 0.6) is 0 Å². The first-order valence-electron chi connectivity index (χ1n) is 7.24. The number of hydrogen-bond donors (Lipinski definition) is 2. The van der Waals surface area contributed by atoms with Crippen molar-refractivity contribution in [3.05, 3.63) is 11.4 Å². The van der Waals surface area contributed by atoms with Crippen LogP contribution in [0.2, 0.25) is 0 Å². The molecule has 1 aromatic rings. The lowest BCUT2D eigenvalue weighted by Crippen LogP contribution is -2.36. The van der Waals surface area contributed by atoms with Gasteiger partial charge in [0.05, 0.1) is 29.7 Å². The highest BCUT2D eigenvalue weighted by Crippen LogP contribution is 2.16. The average molecular weight is 281 g/mol. The molecule has 0 spiro atoms. The molecule has 20 heavy (non-hydrogen) atoms. The third-order valence-corrected chi connectivity index (χ3v) is 4.27. The van der Waals surface area contributed by atoms with E-state index in [0.717, 1.165) is 30.2 Å². The summed E-state index contributed by atoms with van der Waals surface area (Å²) in [5, 5.41) is 14.6. The summed E-state index contributed by atoms with van der Waals surface area (Å²) in [5.41, 5.74) is 8.42. The number of hydrogen-bond acceptors (Lipinski definition) is 5. The molecule has 1 fully saturated rings. The summed E-state index contributed by atoms with van der Waals surface area (Å²) in [6.45, 7) is 7.13. The molecule has 2 atom stereocenters. The van der Waals surface area contributed by atoms with Gasteiger partial charge in [-0.15, -0.1) is 0 Å². The number of likely N-dealkylation sites (tertiary alicyclic amines) is 1. The molecular weight excluding hydrogens is 254 g/mol. The molecule has 114 valence electrons. The van der Waals surface area contributed by atoms with E-state index >= 15 is 0 Å². The van der Waals surface area contributed by atoms with Crippen LogP contribution >= 0.6 is 0 Å². The molecule has 2 unspecified atom stereocenters. The topological polar surface area (TPSA) is 70.5 Å². The number of aryl methyl sites for hydroxylation is 1. The van der Waals surface area contributed by atoms with Gasteiger partial charge in [0.25, 0.3) is 0 Å². The Kier molecular flexibility index (Phi) is 4.67. The predicted octanol–water partition coefficient (Wildman–Crippen LogP) is 0.0789. The number of aliphatic hydroxyl groups excluding tert-OH is 1. The van der Waals surface area contributed by atoms with Crippen molar-refractivity contribution in [2.75, 3.05) is 39.5 Å². The van der Waals surface area contributed by atoms with Crippen molar-refractivity contribution in [2.45, 2.75) is 39.0 Å². The molecule has 1 aromatic heterocycles. The SMILES string of the molecule is Cc1nn(CC(O)CN2CCC(N(C)C)C2)c(C)c1N. The summed E-state index contributed by atoms with van der Waals surface area (Å²) in [7, 11) is 4.23. The number of β-amino-alcohol motifs (C(OH)–C–C–N with tert-alkyl or cyclic N) is 1. The number of nitrogens with two attached hydrogens (primary N) is 1. The summed E-state index contributed by atoms with van der Waals surface area (Å²) in [6.07, 6.45) is 0.764. The van der Waals surface area contributed by atoms with Crippen molar-refractivity contribution < 1.29 is 5.11 Å². The van der Waals surface area contributed by atoms with Gasteiger partial charge in [0.1, 0.15) is 0 Å². The van der Waals surface area contributed by atoms with Gasteiger partial charge in [-0.25, -0.2) is 0 Å². The van der Waals surface area contributed by atoms with E-state index in [1.165, 1.54) is 6.42 Å². The molecule has 0 aliphatic carbocycles. The molecule has 1 aliphatic heterocycles. The molecule has 3 N–H and O–H groups in total. The molecule has 0 radical (unpaired) electrons. The van der Waals surface area contributed by atoms with Gasteiger partial charge >= 0.3 is 0 Å². The van der Waals surface area contributed by atoms with E-state index in [1.54, 1.807) is 0 Å². The lowest BCUT2D eigenvalue weighted by atomic mass is 10.2. The fraction of sp³-hybridized carbons (Fsp3) is 0.786. The minimum atomic E-state index is -0.409. The lowest BCUT2D eigenvalue weighted by Gasteiger charge is -2.22. The van der Waals surface area contributed by atoms with Crippen LogP contribution in [-0.4, -0.2) is 70.6 Å². The van der Waals surface area contributed by atoms with Crippen LogP contribution in [0.1, 0.15) is 17.8 Å². The van der Waals surface area contributed by atoms with Gasteiger partial charge in [-0.3, -0.25) is 9.58 Å². The molecule has 0 saturated carbocycles. The first-order chi connectivity index (χ1) is 9.38. The Morgan fingerprint density at radius 1 is 1.40 bits per heavy atom. The van der Waals surface area contributed by atoms with Crippen LogP contribution in [0.25, 0.3) is 0 Å². The first kappa shape index (κ1) is 15.3. The highest BCUT2D eigenvalue weighted by molar-refractivity contribution is 5.46. The van der Waals surface area contributed by atoms with Crippen molar-refractivity contribution in [3.63, 3.8) is 0 Å². The highest BCUT2D eigenvalue weighted by atomic mass is 16.3. The molecule has 0 aromatic carbocycles. The fourth-order valence-electron chi connectivity index (χ4n) is 2.84. The minimum absolute atomic E-state index is 0.409. The smallest absolute Gasteiger partial charge is 0.0862 e. The van der Waals surface area contributed by atoms with Crippen LogP contribution in [0.15, 0.2) is 0 Å². The number of nitrogens with zero attached hydrogens (tertiary/aromatic N) is 4. The summed E-state index contributed by atoms with van der Waals surface area (Å²) in [5.74, 6) is 0. The van der Waals surface area contributed by atoms with Gasteiger partial charge in [-0.1, -0.05) is 0 Å². The number of anilines is 1. The molecule has 2 heterocycles. The fourth-order valence-corrected chi connectivity index (χ4v) is 2.84. The van der Waals surface area contributed by atoms with Crippen molar-refractivity contribution in [2.24, 2.45) is 0 Å². The molecule has 1 saturated heterocycles. The highest BCUT2D eigenvalue weighted by Gasteiger charge is 2.25. The number of nitrogen functional groups attached to an aromatic ring is 1. The third kappa shape index (κ3) is 3.31. The normalized spacial score (nSPS) is 21.8. The van der Waals surface area contributed by atoms with E-state index < -0.39 is 6.10 Å². The molecule has 0 amide bonds. The monoisotopic (exact) mass is 281 g/mol. The average Bonchev–Trinajstić information content (AvgIpc) is 2.92. The zero-order valence-electron chi connectivity index (χ0n) is 13.0. The number of rotatable bonds is 5. The third-order valence-electron chi connectivity index (χ3n) is 4.27. The summed E-state index contributed by atoms with van der Waals surface area (Å²) < 4.78 is 1.81. The molecule has 6 nitrogen and oxygen atoms in total. The largest absolute Gasteiger partial charge is 0.396 e. The Morgan fingerprint density at radius 3 is 2.60 bits per heavy atom. The Balaban J connectivity index is 1.87. The minimum Gasteiger partial charge on any atom is -0.396 e. The second-order valence-corrected chi connectivity index (χ2v) is 6.09. The van der Waals surface area contributed by atoms with Crippen LogP contribution < -0.4 is 5.73 Å². The Bertz CT molecular complexity index is 457. The van der Waals surface area contributed by atoms with Crippen LogP contribution in [-0.2, 0) is 6.54 Å². The van der Waals surface area contributed by atoms with Gasteiger partial charge in [-0.05, 0) is 40.9 Å². The molecular formula is C14H27N5O. The standard InChI is InChI=1S/C14H27N5O/c1-10-14(15)11(2)19(16-10)9-13(20)8-18-6-5-12(7-18)17(3)4/h12-13,20H,5-9,15H2,1-4H3. The van der Waals surface area contributed by atoms with Crippen LogP contribution in [0.3, 0.4) is 0 Å².